The van der Waals surface area contributed by atoms with Crippen molar-refractivity contribution in [1.29, 1.82) is 0 Å². The van der Waals surface area contributed by atoms with Crippen LogP contribution in [0.5, 0.6) is 0 Å². The molecule has 1 rings (SSSR count). The molecule has 0 saturated heterocycles. The van der Waals surface area contributed by atoms with E-state index in [1.807, 2.05) is 6.92 Å². The quantitative estimate of drug-likeness (QED) is 0.601. The third-order valence-corrected chi connectivity index (χ3v) is 3.78. The predicted octanol–water partition coefficient (Wildman–Crippen LogP) is 2.28. The molecule has 4 N–H and O–H groups in total. The van der Waals surface area contributed by atoms with Crippen molar-refractivity contribution in [3.05, 3.63) is 29.8 Å². The van der Waals surface area contributed by atoms with E-state index in [4.69, 9.17) is 5.73 Å². The maximum atomic E-state index is 12.2. The summed E-state index contributed by atoms with van der Waals surface area (Å²) in [6, 6.07) is 6.33. The van der Waals surface area contributed by atoms with Crippen LogP contribution >= 0.6 is 24.8 Å². The number of anilines is 1. The lowest BCUT2D eigenvalue weighted by Gasteiger charge is -2.18. The summed E-state index contributed by atoms with van der Waals surface area (Å²) in [6.45, 7) is 9.39. The molecule has 0 heterocycles. The SMILES string of the molecule is CC[C@H](N)C(=O)Nc1cccc(C(=O)NCCN(CC)CC)c1.Cl.Cl. The lowest BCUT2D eigenvalue weighted by atomic mass is 10.1. The molecule has 0 spiro atoms. The monoisotopic (exact) mass is 392 g/mol. The van der Waals surface area contributed by atoms with Crippen LogP contribution in [0.4, 0.5) is 5.69 Å². The van der Waals surface area contributed by atoms with Gasteiger partial charge in [-0.25, -0.2) is 0 Å². The number of likely N-dealkylation sites (N-methyl/N-ethyl adjacent to an activating group) is 1. The Morgan fingerprint density at radius 3 is 2.36 bits per heavy atom. The third kappa shape index (κ3) is 9.07. The smallest absolute Gasteiger partial charge is 0.251 e. The standard InChI is InChI=1S/C17H28N4O2.2ClH/c1-4-15(18)17(23)20-14-9-7-8-13(12-14)16(22)19-10-11-21(5-2)6-3;;/h7-9,12,15H,4-6,10-11,18H2,1-3H3,(H,19,22)(H,20,23);2*1H/t15-;;/m0../s1. The van der Waals surface area contributed by atoms with Gasteiger partial charge in [0.25, 0.3) is 5.91 Å². The van der Waals surface area contributed by atoms with Gasteiger partial charge < -0.3 is 21.3 Å². The van der Waals surface area contributed by atoms with Crippen LogP contribution in [0.15, 0.2) is 24.3 Å². The van der Waals surface area contributed by atoms with E-state index < -0.39 is 6.04 Å². The maximum Gasteiger partial charge on any atom is 0.251 e. The van der Waals surface area contributed by atoms with Gasteiger partial charge in [-0.15, -0.1) is 24.8 Å². The van der Waals surface area contributed by atoms with Crippen LogP contribution in [0.3, 0.4) is 0 Å². The summed E-state index contributed by atoms with van der Waals surface area (Å²) in [6.07, 6.45) is 0.567. The van der Waals surface area contributed by atoms with Gasteiger partial charge in [0.2, 0.25) is 5.91 Å². The maximum absolute atomic E-state index is 12.2. The minimum Gasteiger partial charge on any atom is -0.351 e. The Kier molecular flexibility index (Phi) is 14.4. The second-order valence-corrected chi connectivity index (χ2v) is 5.37. The van der Waals surface area contributed by atoms with Gasteiger partial charge in [-0.3, -0.25) is 9.59 Å². The van der Waals surface area contributed by atoms with Gasteiger partial charge in [0.1, 0.15) is 0 Å². The molecule has 2 amide bonds. The molecule has 8 heteroatoms. The lowest BCUT2D eigenvalue weighted by molar-refractivity contribution is -0.117. The number of rotatable bonds is 9. The third-order valence-electron chi connectivity index (χ3n) is 3.78. The fraction of sp³-hybridized carbons (Fsp3) is 0.529. The summed E-state index contributed by atoms with van der Waals surface area (Å²) in [5, 5.41) is 5.62. The number of carbonyl (C=O) groups is 2. The normalized spacial score (nSPS) is 11.1. The summed E-state index contributed by atoms with van der Waals surface area (Å²) in [4.78, 5) is 26.2. The molecule has 144 valence electrons. The first kappa shape index (κ1) is 25.9. The number of halogens is 2. The molecule has 0 saturated carbocycles. The molecule has 0 aliphatic carbocycles. The Morgan fingerprint density at radius 2 is 1.80 bits per heavy atom. The highest BCUT2D eigenvalue weighted by Gasteiger charge is 2.12. The predicted molar refractivity (Wildman–Crippen MR) is 108 cm³/mol. The number of nitrogens with two attached hydrogens (primary N) is 1. The summed E-state index contributed by atoms with van der Waals surface area (Å²) in [7, 11) is 0. The zero-order valence-corrected chi connectivity index (χ0v) is 16.7. The first-order chi connectivity index (χ1) is 11.0. The van der Waals surface area contributed by atoms with Crippen molar-refractivity contribution in [1.82, 2.24) is 10.2 Å². The second kappa shape index (κ2) is 13.9. The topological polar surface area (TPSA) is 87.5 Å². The fourth-order valence-corrected chi connectivity index (χ4v) is 2.13. The van der Waals surface area contributed by atoms with Crippen molar-refractivity contribution in [2.24, 2.45) is 5.73 Å². The fourth-order valence-electron chi connectivity index (χ4n) is 2.13. The number of nitrogens with zero attached hydrogens (tertiary/aromatic N) is 1. The lowest BCUT2D eigenvalue weighted by Crippen LogP contribution is -2.35. The van der Waals surface area contributed by atoms with Crippen LogP contribution in [-0.2, 0) is 4.79 Å². The average molecular weight is 393 g/mol. The highest BCUT2D eigenvalue weighted by Crippen LogP contribution is 2.11. The molecule has 1 atom stereocenters. The molecule has 0 aliphatic rings. The number of carbonyl (C=O) groups excluding carboxylic acids is 2. The molecule has 0 fully saturated rings. The summed E-state index contributed by atoms with van der Waals surface area (Å²) >= 11 is 0. The van der Waals surface area contributed by atoms with E-state index in [0.29, 0.717) is 24.2 Å². The van der Waals surface area contributed by atoms with Crippen LogP contribution < -0.4 is 16.4 Å². The first-order valence-corrected chi connectivity index (χ1v) is 8.18. The minimum absolute atomic E-state index is 0. The van der Waals surface area contributed by atoms with Crippen molar-refractivity contribution in [3.63, 3.8) is 0 Å². The molecule has 0 radical (unpaired) electrons. The first-order valence-electron chi connectivity index (χ1n) is 8.18. The van der Waals surface area contributed by atoms with E-state index in [9.17, 15) is 9.59 Å². The van der Waals surface area contributed by atoms with Gasteiger partial charge in [0.15, 0.2) is 0 Å². The van der Waals surface area contributed by atoms with Gasteiger partial charge in [0, 0.05) is 24.3 Å². The number of hydrogen-bond acceptors (Lipinski definition) is 4. The highest BCUT2D eigenvalue weighted by molar-refractivity contribution is 5.98. The van der Waals surface area contributed by atoms with Crippen LogP contribution in [0.1, 0.15) is 37.6 Å². The van der Waals surface area contributed by atoms with Gasteiger partial charge in [-0.1, -0.05) is 26.8 Å². The Hall–Kier alpha value is -1.34. The van der Waals surface area contributed by atoms with Gasteiger partial charge in [-0.2, -0.15) is 0 Å². The van der Waals surface area contributed by atoms with E-state index in [2.05, 4.69) is 29.4 Å². The molecule has 0 bridgehead atoms. The number of nitrogens with one attached hydrogen (secondary N) is 2. The zero-order chi connectivity index (χ0) is 17.2. The van der Waals surface area contributed by atoms with Gasteiger partial charge in [-0.05, 0) is 37.7 Å². The Bertz CT molecular complexity index is 525. The molecule has 6 nitrogen and oxygen atoms in total. The van der Waals surface area contributed by atoms with Crippen LogP contribution in [0.2, 0.25) is 0 Å². The molecular weight excluding hydrogens is 363 g/mol. The van der Waals surface area contributed by atoms with Crippen LogP contribution in [0, 0.1) is 0 Å². The van der Waals surface area contributed by atoms with E-state index >= 15 is 0 Å². The number of amides is 2. The highest BCUT2D eigenvalue weighted by atomic mass is 35.5. The van der Waals surface area contributed by atoms with Crippen molar-refractivity contribution in [2.45, 2.75) is 33.2 Å². The minimum atomic E-state index is -0.540. The van der Waals surface area contributed by atoms with E-state index in [1.54, 1.807) is 24.3 Å². The van der Waals surface area contributed by atoms with E-state index in [1.165, 1.54) is 0 Å². The molecule has 1 aromatic carbocycles. The van der Waals surface area contributed by atoms with E-state index in [-0.39, 0.29) is 36.6 Å². The average Bonchev–Trinajstić information content (AvgIpc) is 2.58. The van der Waals surface area contributed by atoms with Crippen molar-refractivity contribution >= 4 is 42.3 Å². The Morgan fingerprint density at radius 1 is 1.16 bits per heavy atom. The summed E-state index contributed by atoms with van der Waals surface area (Å²) in [5.74, 6) is -0.389. The Labute approximate surface area is 162 Å². The molecular formula is C17H30Cl2N4O2. The molecule has 0 unspecified atom stereocenters. The number of benzene rings is 1. The Balaban J connectivity index is 0. The van der Waals surface area contributed by atoms with Crippen molar-refractivity contribution < 1.29 is 9.59 Å². The zero-order valence-electron chi connectivity index (χ0n) is 15.1. The molecule has 1 aromatic rings. The number of hydrogen-bond donors (Lipinski definition) is 3. The largest absolute Gasteiger partial charge is 0.351 e. The van der Waals surface area contributed by atoms with Crippen molar-refractivity contribution in [2.75, 3.05) is 31.5 Å². The summed E-state index contributed by atoms with van der Waals surface area (Å²) < 4.78 is 0. The summed E-state index contributed by atoms with van der Waals surface area (Å²) in [5.41, 5.74) is 6.79. The van der Waals surface area contributed by atoms with E-state index in [0.717, 1.165) is 19.6 Å². The molecule has 25 heavy (non-hydrogen) atoms. The van der Waals surface area contributed by atoms with Crippen LogP contribution in [-0.4, -0.2) is 48.9 Å². The van der Waals surface area contributed by atoms with Gasteiger partial charge in [0.05, 0.1) is 6.04 Å². The van der Waals surface area contributed by atoms with Crippen molar-refractivity contribution in [3.8, 4) is 0 Å². The molecule has 0 aromatic heterocycles. The van der Waals surface area contributed by atoms with Crippen LogP contribution in [0.25, 0.3) is 0 Å². The van der Waals surface area contributed by atoms with Gasteiger partial charge >= 0.3 is 0 Å². The second-order valence-electron chi connectivity index (χ2n) is 5.37. The molecule has 0 aliphatic heterocycles.